The molecule has 10 heteroatoms. The Morgan fingerprint density at radius 2 is 2.35 bits per heavy atom. The Hall–Kier alpha value is -2.65. The van der Waals surface area contributed by atoms with Gasteiger partial charge in [0.05, 0.1) is 0 Å². The number of carboxylic acid groups (broad SMARTS) is 1. The molecule has 0 aliphatic carbocycles. The quantitative estimate of drug-likeness (QED) is 0.500. The highest BCUT2D eigenvalue weighted by Crippen LogP contribution is 2.04. The number of carbonyl (C=O) groups excluding carboxylic acids is 2. The first-order chi connectivity index (χ1) is 9.58. The van der Waals surface area contributed by atoms with Gasteiger partial charge in [0, 0.05) is 19.5 Å². The van der Waals surface area contributed by atoms with Crippen molar-refractivity contribution in [2.45, 2.75) is 12.5 Å². The molecule has 0 spiro atoms. The third-order valence-electron chi connectivity index (χ3n) is 2.83. The average molecular weight is 282 g/mol. The van der Waals surface area contributed by atoms with Crippen LogP contribution in [0.25, 0.3) is 0 Å². The maximum atomic E-state index is 11.9. The fourth-order valence-corrected chi connectivity index (χ4v) is 1.82. The Labute approximate surface area is 113 Å². The van der Waals surface area contributed by atoms with E-state index in [1.807, 2.05) is 0 Å². The van der Waals surface area contributed by atoms with Crippen molar-refractivity contribution in [1.82, 2.24) is 30.7 Å². The van der Waals surface area contributed by atoms with Crippen molar-refractivity contribution in [3.8, 4) is 0 Å². The highest BCUT2D eigenvalue weighted by molar-refractivity contribution is 5.90. The number of hydrogen-bond donors (Lipinski definition) is 4. The number of nitrogens with zero attached hydrogens (tertiary/aromatic N) is 3. The van der Waals surface area contributed by atoms with Gasteiger partial charge >= 0.3 is 12.0 Å². The summed E-state index contributed by atoms with van der Waals surface area (Å²) in [5.41, 5.74) is 0. The molecule has 1 fully saturated rings. The number of amides is 3. The lowest BCUT2D eigenvalue weighted by atomic mass is 10.2. The number of aliphatic carboxylic acids is 1. The topological polar surface area (TPSA) is 140 Å². The van der Waals surface area contributed by atoms with Crippen molar-refractivity contribution in [2.24, 2.45) is 0 Å². The number of H-pyrrole nitrogens is 1. The fraction of sp³-hybridized carbons (Fsp3) is 0.500. The molecule has 0 bridgehead atoms. The van der Waals surface area contributed by atoms with E-state index < -0.39 is 18.0 Å². The van der Waals surface area contributed by atoms with Crippen LogP contribution < -0.4 is 10.6 Å². The van der Waals surface area contributed by atoms with E-state index in [0.717, 1.165) is 4.90 Å². The van der Waals surface area contributed by atoms with Crippen molar-refractivity contribution in [2.75, 3.05) is 19.6 Å². The summed E-state index contributed by atoms with van der Waals surface area (Å²) in [5.74, 6) is -0.931. The van der Waals surface area contributed by atoms with E-state index in [4.69, 9.17) is 5.11 Å². The molecule has 3 amide bonds. The Bertz CT molecular complexity index is 502. The van der Waals surface area contributed by atoms with Crippen molar-refractivity contribution in [3.05, 3.63) is 12.2 Å². The Balaban J connectivity index is 1.88. The van der Waals surface area contributed by atoms with E-state index in [2.05, 4.69) is 25.8 Å². The Morgan fingerprint density at radius 3 is 3.00 bits per heavy atom. The number of rotatable bonds is 4. The first-order valence-electron chi connectivity index (χ1n) is 5.96. The summed E-state index contributed by atoms with van der Waals surface area (Å²) in [6.07, 6.45) is 1.79. The molecule has 0 aromatic carbocycles. The number of nitrogens with one attached hydrogen (secondary N) is 3. The van der Waals surface area contributed by atoms with Crippen LogP contribution in [0.1, 0.15) is 5.82 Å². The Kier molecular flexibility index (Phi) is 4.13. The van der Waals surface area contributed by atoms with Gasteiger partial charge in [-0.25, -0.2) is 14.6 Å². The van der Waals surface area contributed by atoms with Gasteiger partial charge in [-0.1, -0.05) is 0 Å². The summed E-state index contributed by atoms with van der Waals surface area (Å²) in [7, 11) is 0. The molecule has 108 valence electrons. The summed E-state index contributed by atoms with van der Waals surface area (Å²) in [6, 6.07) is -1.65. The summed E-state index contributed by atoms with van der Waals surface area (Å²) in [5, 5.41) is 20.3. The van der Waals surface area contributed by atoms with Gasteiger partial charge in [-0.2, -0.15) is 5.10 Å². The molecule has 1 aliphatic rings. The molecule has 1 saturated heterocycles. The van der Waals surface area contributed by atoms with E-state index in [0.29, 0.717) is 12.2 Å². The molecule has 20 heavy (non-hydrogen) atoms. The van der Waals surface area contributed by atoms with E-state index >= 15 is 0 Å². The van der Waals surface area contributed by atoms with E-state index in [1.54, 1.807) is 0 Å². The third-order valence-corrected chi connectivity index (χ3v) is 2.83. The standard InChI is InChI=1S/C10H14N6O4/c17-8-4-16(6(3-12-8)9(18)19)10(20)11-2-1-7-13-5-14-15-7/h5-6H,1-4H2,(H,11,20)(H,12,17)(H,18,19)(H,13,14,15). The number of hydrogen-bond acceptors (Lipinski definition) is 5. The second-order valence-corrected chi connectivity index (χ2v) is 4.20. The summed E-state index contributed by atoms with van der Waals surface area (Å²) in [4.78, 5) is 39.1. The molecule has 0 radical (unpaired) electrons. The van der Waals surface area contributed by atoms with Crippen LogP contribution in [0.5, 0.6) is 0 Å². The van der Waals surface area contributed by atoms with Crippen LogP contribution in [0.4, 0.5) is 4.79 Å². The molecule has 1 aliphatic heterocycles. The number of piperazine rings is 1. The fourth-order valence-electron chi connectivity index (χ4n) is 1.82. The molecule has 2 rings (SSSR count). The van der Waals surface area contributed by atoms with Gasteiger partial charge in [0.1, 0.15) is 24.7 Å². The molecular weight excluding hydrogens is 268 g/mol. The van der Waals surface area contributed by atoms with Crippen molar-refractivity contribution in [1.29, 1.82) is 0 Å². The molecule has 4 N–H and O–H groups in total. The van der Waals surface area contributed by atoms with Crippen LogP contribution in [0, 0.1) is 0 Å². The third kappa shape index (κ3) is 3.22. The number of carboxylic acids is 1. The lowest BCUT2D eigenvalue weighted by Gasteiger charge is -2.32. The lowest BCUT2D eigenvalue weighted by Crippen LogP contribution is -2.61. The van der Waals surface area contributed by atoms with E-state index in [9.17, 15) is 14.4 Å². The van der Waals surface area contributed by atoms with Gasteiger partial charge in [0.25, 0.3) is 0 Å². The molecule has 1 unspecified atom stereocenters. The minimum Gasteiger partial charge on any atom is -0.480 e. The monoisotopic (exact) mass is 282 g/mol. The highest BCUT2D eigenvalue weighted by Gasteiger charge is 2.34. The van der Waals surface area contributed by atoms with Crippen LogP contribution in [0.2, 0.25) is 0 Å². The predicted molar refractivity (Wildman–Crippen MR) is 64.6 cm³/mol. The number of aromatic nitrogens is 3. The number of carbonyl (C=O) groups is 3. The number of aromatic amines is 1. The Morgan fingerprint density at radius 1 is 1.55 bits per heavy atom. The smallest absolute Gasteiger partial charge is 0.328 e. The molecule has 1 aromatic rings. The van der Waals surface area contributed by atoms with Gasteiger partial charge in [-0.15, -0.1) is 0 Å². The maximum Gasteiger partial charge on any atom is 0.328 e. The van der Waals surface area contributed by atoms with Crippen LogP contribution in [-0.4, -0.2) is 68.8 Å². The molecule has 10 nitrogen and oxygen atoms in total. The largest absolute Gasteiger partial charge is 0.480 e. The maximum absolute atomic E-state index is 11.9. The second-order valence-electron chi connectivity index (χ2n) is 4.20. The van der Waals surface area contributed by atoms with Gasteiger partial charge in [-0.3, -0.25) is 14.8 Å². The summed E-state index contributed by atoms with van der Waals surface area (Å²) >= 11 is 0. The minimum atomic E-state index is -1.16. The molecular formula is C10H14N6O4. The van der Waals surface area contributed by atoms with Crippen LogP contribution in [0.15, 0.2) is 6.33 Å². The first kappa shape index (κ1) is 13.8. The summed E-state index contributed by atoms with van der Waals surface area (Å²) in [6.45, 7) is -0.104. The van der Waals surface area contributed by atoms with E-state index in [-0.39, 0.29) is 25.5 Å². The van der Waals surface area contributed by atoms with Gasteiger partial charge in [0.2, 0.25) is 5.91 Å². The van der Waals surface area contributed by atoms with Crippen molar-refractivity contribution >= 4 is 17.9 Å². The van der Waals surface area contributed by atoms with E-state index in [1.165, 1.54) is 6.33 Å². The first-order valence-corrected chi connectivity index (χ1v) is 5.96. The SMILES string of the molecule is O=C1CN(C(=O)NCCc2ncn[nH]2)C(C(=O)O)CN1. The number of urea groups is 1. The normalized spacial score (nSPS) is 18.5. The predicted octanol–water partition coefficient (Wildman–Crippen LogP) is -2.06. The van der Waals surface area contributed by atoms with Gasteiger partial charge < -0.3 is 15.7 Å². The second kappa shape index (κ2) is 5.99. The van der Waals surface area contributed by atoms with Crippen molar-refractivity contribution in [3.63, 3.8) is 0 Å². The van der Waals surface area contributed by atoms with Crippen LogP contribution in [-0.2, 0) is 16.0 Å². The van der Waals surface area contributed by atoms with Crippen LogP contribution in [0.3, 0.4) is 0 Å². The zero-order valence-corrected chi connectivity index (χ0v) is 10.5. The van der Waals surface area contributed by atoms with Crippen molar-refractivity contribution < 1.29 is 19.5 Å². The average Bonchev–Trinajstić information content (AvgIpc) is 2.91. The zero-order chi connectivity index (χ0) is 14.5. The molecule has 1 aromatic heterocycles. The zero-order valence-electron chi connectivity index (χ0n) is 10.5. The van der Waals surface area contributed by atoms with Gasteiger partial charge in [-0.05, 0) is 0 Å². The molecule has 2 heterocycles. The summed E-state index contributed by atoms with van der Waals surface area (Å²) < 4.78 is 0. The van der Waals surface area contributed by atoms with Crippen LogP contribution >= 0.6 is 0 Å². The molecule has 1 atom stereocenters. The molecule has 0 saturated carbocycles. The highest BCUT2D eigenvalue weighted by atomic mass is 16.4. The van der Waals surface area contributed by atoms with Gasteiger partial charge in [0.15, 0.2) is 0 Å². The minimum absolute atomic E-state index is 0.0936. The lowest BCUT2D eigenvalue weighted by molar-refractivity contribution is -0.144.